The molecule has 0 heterocycles. The van der Waals surface area contributed by atoms with Crippen molar-refractivity contribution in [2.24, 2.45) is 0 Å². The van der Waals surface area contributed by atoms with Gasteiger partial charge in [-0.15, -0.1) is 11.8 Å². The Balaban J connectivity index is 4.64. The molecule has 0 bridgehead atoms. The third-order valence-electron chi connectivity index (χ3n) is 1.65. The SMILES string of the molecule is C=C(C)S/C=C(C)/C(C=C(C)C)=C/C. The monoisotopic (exact) mass is 208 g/mol. The quantitative estimate of drug-likeness (QED) is 0.581. The molecule has 0 rings (SSSR count). The Morgan fingerprint density at radius 1 is 1.14 bits per heavy atom. The van der Waals surface area contributed by atoms with Crippen molar-refractivity contribution in [2.45, 2.75) is 34.6 Å². The predicted molar refractivity (Wildman–Crippen MR) is 69.4 cm³/mol. The summed E-state index contributed by atoms with van der Waals surface area (Å²) in [6.45, 7) is 14.3. The molecule has 0 fully saturated rings. The van der Waals surface area contributed by atoms with Crippen molar-refractivity contribution in [3.63, 3.8) is 0 Å². The minimum Gasteiger partial charge on any atom is -0.103 e. The van der Waals surface area contributed by atoms with E-state index >= 15 is 0 Å². The summed E-state index contributed by atoms with van der Waals surface area (Å²) in [4.78, 5) is 1.12. The van der Waals surface area contributed by atoms with Gasteiger partial charge in [-0.2, -0.15) is 0 Å². The van der Waals surface area contributed by atoms with E-state index in [-0.39, 0.29) is 0 Å². The maximum atomic E-state index is 3.86. The van der Waals surface area contributed by atoms with Crippen LogP contribution in [0.5, 0.6) is 0 Å². The van der Waals surface area contributed by atoms with Gasteiger partial charge >= 0.3 is 0 Å². The van der Waals surface area contributed by atoms with Crippen LogP contribution in [0.3, 0.4) is 0 Å². The van der Waals surface area contributed by atoms with Crippen LogP contribution in [0.4, 0.5) is 0 Å². The first-order chi connectivity index (χ1) is 6.47. The molecular formula is C13H20S. The Morgan fingerprint density at radius 3 is 2.07 bits per heavy atom. The summed E-state index contributed by atoms with van der Waals surface area (Å²) in [6.07, 6.45) is 4.34. The van der Waals surface area contributed by atoms with Crippen molar-refractivity contribution >= 4 is 11.8 Å². The summed E-state index contributed by atoms with van der Waals surface area (Å²) in [6, 6.07) is 0. The van der Waals surface area contributed by atoms with Crippen molar-refractivity contribution in [2.75, 3.05) is 0 Å². The van der Waals surface area contributed by atoms with Gasteiger partial charge in [-0.3, -0.25) is 0 Å². The average molecular weight is 208 g/mol. The normalized spacial score (nSPS) is 12.6. The topological polar surface area (TPSA) is 0 Å². The van der Waals surface area contributed by atoms with Crippen molar-refractivity contribution in [1.29, 1.82) is 0 Å². The van der Waals surface area contributed by atoms with Gasteiger partial charge in [0.25, 0.3) is 0 Å². The highest BCUT2D eigenvalue weighted by Gasteiger charge is 1.95. The molecule has 0 saturated carbocycles. The number of rotatable bonds is 4. The van der Waals surface area contributed by atoms with E-state index in [2.05, 4.69) is 51.8 Å². The first-order valence-electron chi connectivity index (χ1n) is 4.78. The minimum atomic E-state index is 1.12. The first-order valence-corrected chi connectivity index (χ1v) is 5.66. The summed E-state index contributed by atoms with van der Waals surface area (Å²) in [7, 11) is 0. The van der Waals surface area contributed by atoms with Crippen LogP contribution in [0.15, 0.2) is 45.8 Å². The molecule has 0 N–H and O–H groups in total. The van der Waals surface area contributed by atoms with E-state index in [9.17, 15) is 0 Å². The molecule has 0 unspecified atom stereocenters. The van der Waals surface area contributed by atoms with Crippen LogP contribution in [0.25, 0.3) is 0 Å². The lowest BCUT2D eigenvalue weighted by atomic mass is 10.1. The molecule has 0 saturated heterocycles. The van der Waals surface area contributed by atoms with Gasteiger partial charge < -0.3 is 0 Å². The molecule has 0 amide bonds. The van der Waals surface area contributed by atoms with Crippen molar-refractivity contribution in [3.05, 3.63) is 45.8 Å². The zero-order chi connectivity index (χ0) is 11.1. The fourth-order valence-corrected chi connectivity index (χ4v) is 1.51. The molecular weight excluding hydrogens is 188 g/mol. The maximum absolute atomic E-state index is 3.86. The van der Waals surface area contributed by atoms with E-state index in [0.717, 1.165) is 4.91 Å². The predicted octanol–water partition coefficient (Wildman–Crippen LogP) is 5.07. The Labute approximate surface area is 92.5 Å². The zero-order valence-corrected chi connectivity index (χ0v) is 10.7. The maximum Gasteiger partial charge on any atom is -0.0210 e. The summed E-state index contributed by atoms with van der Waals surface area (Å²) in [5.41, 5.74) is 3.91. The second kappa shape index (κ2) is 6.72. The fourth-order valence-electron chi connectivity index (χ4n) is 0.993. The van der Waals surface area contributed by atoms with E-state index in [4.69, 9.17) is 0 Å². The van der Waals surface area contributed by atoms with Crippen molar-refractivity contribution in [1.82, 2.24) is 0 Å². The van der Waals surface area contributed by atoms with E-state index in [1.165, 1.54) is 16.7 Å². The second-order valence-electron chi connectivity index (χ2n) is 3.59. The Kier molecular flexibility index (Phi) is 6.39. The van der Waals surface area contributed by atoms with Crippen LogP contribution in [-0.4, -0.2) is 0 Å². The summed E-state index contributed by atoms with van der Waals surface area (Å²) >= 11 is 1.68. The Bertz CT molecular complexity index is 286. The van der Waals surface area contributed by atoms with Gasteiger partial charge in [0.05, 0.1) is 0 Å². The summed E-state index contributed by atoms with van der Waals surface area (Å²) < 4.78 is 0. The smallest absolute Gasteiger partial charge is 0.0210 e. The minimum absolute atomic E-state index is 1.12. The highest BCUT2D eigenvalue weighted by atomic mass is 32.2. The third-order valence-corrected chi connectivity index (χ3v) is 2.52. The molecule has 78 valence electrons. The van der Waals surface area contributed by atoms with Crippen molar-refractivity contribution in [3.8, 4) is 0 Å². The van der Waals surface area contributed by atoms with Gasteiger partial charge in [-0.05, 0) is 56.1 Å². The highest BCUT2D eigenvalue weighted by molar-refractivity contribution is 8.05. The fraction of sp³-hybridized carbons (Fsp3) is 0.385. The number of hydrogen-bond donors (Lipinski definition) is 0. The molecule has 0 aromatic rings. The van der Waals surface area contributed by atoms with Crippen LogP contribution in [0.1, 0.15) is 34.6 Å². The van der Waals surface area contributed by atoms with Gasteiger partial charge in [-0.1, -0.05) is 24.3 Å². The molecule has 0 nitrogen and oxygen atoms in total. The van der Waals surface area contributed by atoms with E-state index in [0.29, 0.717) is 0 Å². The molecule has 0 aliphatic carbocycles. The van der Waals surface area contributed by atoms with E-state index in [1.807, 2.05) is 6.92 Å². The van der Waals surface area contributed by atoms with Crippen LogP contribution < -0.4 is 0 Å². The summed E-state index contributed by atoms with van der Waals surface area (Å²) in [5.74, 6) is 0. The van der Waals surface area contributed by atoms with Crippen LogP contribution in [0, 0.1) is 0 Å². The lowest BCUT2D eigenvalue weighted by Gasteiger charge is -2.03. The number of allylic oxidation sites excluding steroid dienone is 6. The molecule has 1 heteroatoms. The zero-order valence-electron chi connectivity index (χ0n) is 9.85. The standard InChI is InChI=1S/C13H20S/c1-7-13(8-10(2)3)12(6)9-14-11(4)5/h7-9H,4H2,1-3,5-6H3/b12-9+,13-7+. The molecule has 0 aromatic heterocycles. The lowest BCUT2D eigenvalue weighted by Crippen LogP contribution is -1.81. The van der Waals surface area contributed by atoms with Crippen LogP contribution >= 0.6 is 11.8 Å². The Hall–Kier alpha value is -0.690. The number of hydrogen-bond acceptors (Lipinski definition) is 1. The molecule has 14 heavy (non-hydrogen) atoms. The third kappa shape index (κ3) is 5.87. The van der Waals surface area contributed by atoms with E-state index < -0.39 is 0 Å². The molecule has 0 radical (unpaired) electrons. The molecule has 0 aliphatic heterocycles. The van der Waals surface area contributed by atoms with Gasteiger partial charge in [0.2, 0.25) is 0 Å². The molecule has 0 atom stereocenters. The van der Waals surface area contributed by atoms with Gasteiger partial charge in [0.15, 0.2) is 0 Å². The van der Waals surface area contributed by atoms with Crippen molar-refractivity contribution < 1.29 is 0 Å². The van der Waals surface area contributed by atoms with Gasteiger partial charge in [-0.25, -0.2) is 0 Å². The molecule has 0 spiro atoms. The lowest BCUT2D eigenvalue weighted by molar-refractivity contribution is 1.33. The first kappa shape index (κ1) is 13.3. The van der Waals surface area contributed by atoms with Gasteiger partial charge in [0, 0.05) is 0 Å². The Morgan fingerprint density at radius 2 is 1.71 bits per heavy atom. The number of thioether (sulfide) groups is 1. The molecule has 0 aliphatic rings. The summed E-state index contributed by atoms with van der Waals surface area (Å²) in [5, 5.41) is 2.15. The van der Waals surface area contributed by atoms with Crippen LogP contribution in [-0.2, 0) is 0 Å². The molecule has 0 aromatic carbocycles. The van der Waals surface area contributed by atoms with Gasteiger partial charge in [0.1, 0.15) is 0 Å². The largest absolute Gasteiger partial charge is 0.103 e. The highest BCUT2D eigenvalue weighted by Crippen LogP contribution is 2.21. The van der Waals surface area contributed by atoms with E-state index in [1.54, 1.807) is 11.8 Å². The van der Waals surface area contributed by atoms with Crippen LogP contribution in [0.2, 0.25) is 0 Å². The average Bonchev–Trinajstić information content (AvgIpc) is 2.09. The second-order valence-corrected chi connectivity index (χ2v) is 4.75.